The van der Waals surface area contributed by atoms with Crippen molar-refractivity contribution in [3.8, 4) is 0 Å². The van der Waals surface area contributed by atoms with E-state index >= 15 is 0 Å². The number of hydrogen-bond donors (Lipinski definition) is 2. The van der Waals surface area contributed by atoms with Gasteiger partial charge in [0.2, 0.25) is 5.91 Å². The van der Waals surface area contributed by atoms with Gasteiger partial charge >= 0.3 is 0 Å². The van der Waals surface area contributed by atoms with Crippen LogP contribution in [0.2, 0.25) is 0 Å². The summed E-state index contributed by atoms with van der Waals surface area (Å²) in [7, 11) is 0. The Morgan fingerprint density at radius 2 is 1.89 bits per heavy atom. The van der Waals surface area contributed by atoms with Crippen molar-refractivity contribution in [1.29, 1.82) is 0 Å². The van der Waals surface area contributed by atoms with Gasteiger partial charge in [-0.15, -0.1) is 0 Å². The zero-order valence-electron chi connectivity index (χ0n) is 11.4. The van der Waals surface area contributed by atoms with Crippen LogP contribution in [-0.2, 0) is 11.2 Å². The minimum absolute atomic E-state index is 0.0873. The first kappa shape index (κ1) is 14.6. The Morgan fingerprint density at radius 1 is 1.22 bits per heavy atom. The van der Waals surface area contributed by atoms with Gasteiger partial charge in [-0.3, -0.25) is 4.79 Å². The first-order valence-corrected chi connectivity index (χ1v) is 6.69. The lowest BCUT2D eigenvalue weighted by atomic mass is 10.1. The molecule has 0 unspecified atom stereocenters. The van der Waals surface area contributed by atoms with Crippen molar-refractivity contribution in [2.24, 2.45) is 5.92 Å². The van der Waals surface area contributed by atoms with Gasteiger partial charge in [-0.05, 0) is 30.0 Å². The van der Waals surface area contributed by atoms with Crippen molar-refractivity contribution in [2.75, 3.05) is 12.3 Å². The second kappa shape index (κ2) is 7.75. The van der Waals surface area contributed by atoms with Gasteiger partial charge in [0, 0.05) is 12.2 Å². The molecule has 3 nitrogen and oxygen atoms in total. The number of hydrogen-bond acceptors (Lipinski definition) is 2. The quantitative estimate of drug-likeness (QED) is 0.576. The highest BCUT2D eigenvalue weighted by molar-refractivity contribution is 5.78. The van der Waals surface area contributed by atoms with Gasteiger partial charge in [0.15, 0.2) is 0 Å². The molecule has 18 heavy (non-hydrogen) atoms. The van der Waals surface area contributed by atoms with Crippen LogP contribution in [0.25, 0.3) is 0 Å². The molecule has 0 radical (unpaired) electrons. The maximum absolute atomic E-state index is 11.7. The molecule has 0 aromatic heterocycles. The number of nitrogens with one attached hydrogen (secondary N) is 1. The summed E-state index contributed by atoms with van der Waals surface area (Å²) in [6, 6.07) is 7.44. The molecule has 0 aliphatic carbocycles. The molecule has 0 bridgehead atoms. The van der Waals surface area contributed by atoms with Crippen LogP contribution in [0, 0.1) is 5.92 Å². The molecule has 1 aromatic rings. The molecule has 0 atom stereocenters. The van der Waals surface area contributed by atoms with Gasteiger partial charge in [-0.25, -0.2) is 0 Å². The molecule has 1 amide bonds. The summed E-state index contributed by atoms with van der Waals surface area (Å²) >= 11 is 0. The number of anilines is 1. The summed E-state index contributed by atoms with van der Waals surface area (Å²) in [5.41, 5.74) is 7.33. The summed E-state index contributed by atoms with van der Waals surface area (Å²) in [6.07, 6.45) is 3.91. The molecule has 0 aliphatic heterocycles. The molecular formula is C15H24N2O. The Labute approximate surface area is 110 Å². The molecule has 0 fully saturated rings. The first-order valence-electron chi connectivity index (χ1n) is 6.69. The van der Waals surface area contributed by atoms with E-state index in [1.54, 1.807) is 0 Å². The Hall–Kier alpha value is -1.51. The summed E-state index contributed by atoms with van der Waals surface area (Å²) in [4.78, 5) is 11.7. The third kappa shape index (κ3) is 6.28. The number of amides is 1. The second-order valence-electron chi connectivity index (χ2n) is 5.16. The molecule has 0 heterocycles. The van der Waals surface area contributed by atoms with E-state index in [1.807, 2.05) is 24.3 Å². The van der Waals surface area contributed by atoms with Crippen LogP contribution >= 0.6 is 0 Å². The molecule has 0 aliphatic rings. The smallest absolute Gasteiger partial charge is 0.224 e. The predicted molar refractivity (Wildman–Crippen MR) is 76.3 cm³/mol. The monoisotopic (exact) mass is 248 g/mol. The van der Waals surface area contributed by atoms with E-state index in [9.17, 15) is 4.79 Å². The zero-order chi connectivity index (χ0) is 13.4. The zero-order valence-corrected chi connectivity index (χ0v) is 11.4. The summed E-state index contributed by atoms with van der Waals surface area (Å²) in [5, 5.41) is 2.95. The lowest BCUT2D eigenvalue weighted by Crippen LogP contribution is -2.26. The van der Waals surface area contributed by atoms with Crippen LogP contribution in [-0.4, -0.2) is 12.5 Å². The maximum atomic E-state index is 11.7. The fraction of sp³-hybridized carbons (Fsp3) is 0.533. The molecule has 3 N–H and O–H groups in total. The second-order valence-corrected chi connectivity index (χ2v) is 5.16. The normalized spacial score (nSPS) is 10.6. The van der Waals surface area contributed by atoms with E-state index in [2.05, 4.69) is 19.2 Å². The summed E-state index contributed by atoms with van der Waals surface area (Å²) < 4.78 is 0. The standard InChI is InChI=1S/C15H24N2O/c1-12(2)5-3-4-10-17-15(18)11-13-6-8-14(16)9-7-13/h6-9,12H,3-5,10-11,16H2,1-2H3,(H,17,18). The van der Waals surface area contributed by atoms with Crippen LogP contribution < -0.4 is 11.1 Å². The largest absolute Gasteiger partial charge is 0.399 e. The van der Waals surface area contributed by atoms with Crippen LogP contribution in [0.4, 0.5) is 5.69 Å². The van der Waals surface area contributed by atoms with E-state index < -0.39 is 0 Å². The van der Waals surface area contributed by atoms with E-state index in [0.717, 1.165) is 30.1 Å². The fourth-order valence-corrected chi connectivity index (χ4v) is 1.79. The number of carbonyl (C=O) groups excluding carboxylic acids is 1. The predicted octanol–water partition coefficient (Wildman–Crippen LogP) is 2.75. The van der Waals surface area contributed by atoms with Gasteiger partial charge in [-0.2, -0.15) is 0 Å². The average molecular weight is 248 g/mol. The third-order valence-corrected chi connectivity index (χ3v) is 2.87. The van der Waals surface area contributed by atoms with Crippen molar-refractivity contribution in [1.82, 2.24) is 5.32 Å². The topological polar surface area (TPSA) is 55.1 Å². The molecule has 3 heteroatoms. The average Bonchev–Trinajstić information content (AvgIpc) is 2.31. The van der Waals surface area contributed by atoms with Gasteiger partial charge < -0.3 is 11.1 Å². The number of nitrogens with two attached hydrogens (primary N) is 1. The first-order chi connectivity index (χ1) is 8.58. The number of benzene rings is 1. The van der Waals surface area contributed by atoms with E-state index in [4.69, 9.17) is 5.73 Å². The SMILES string of the molecule is CC(C)CCCCNC(=O)Cc1ccc(N)cc1. The fourth-order valence-electron chi connectivity index (χ4n) is 1.79. The molecule has 0 saturated carbocycles. The number of nitrogen functional groups attached to an aromatic ring is 1. The van der Waals surface area contributed by atoms with Gasteiger partial charge in [0.25, 0.3) is 0 Å². The van der Waals surface area contributed by atoms with Crippen molar-refractivity contribution in [3.05, 3.63) is 29.8 Å². The van der Waals surface area contributed by atoms with Crippen LogP contribution in [0.3, 0.4) is 0 Å². The third-order valence-electron chi connectivity index (χ3n) is 2.87. The van der Waals surface area contributed by atoms with Gasteiger partial charge in [0.05, 0.1) is 6.42 Å². The molecular weight excluding hydrogens is 224 g/mol. The number of unbranched alkanes of at least 4 members (excludes halogenated alkanes) is 1. The molecule has 0 saturated heterocycles. The van der Waals surface area contributed by atoms with Crippen molar-refractivity contribution in [3.63, 3.8) is 0 Å². The summed E-state index contributed by atoms with van der Waals surface area (Å²) in [5.74, 6) is 0.833. The molecule has 1 aromatic carbocycles. The Bertz CT molecular complexity index is 357. The van der Waals surface area contributed by atoms with Crippen LogP contribution in [0.1, 0.15) is 38.7 Å². The van der Waals surface area contributed by atoms with Crippen molar-refractivity contribution in [2.45, 2.75) is 39.5 Å². The number of carbonyl (C=O) groups is 1. The highest BCUT2D eigenvalue weighted by Crippen LogP contribution is 2.07. The Balaban J connectivity index is 2.16. The highest BCUT2D eigenvalue weighted by atomic mass is 16.1. The minimum atomic E-state index is 0.0873. The molecule has 100 valence electrons. The van der Waals surface area contributed by atoms with Gasteiger partial charge in [-0.1, -0.05) is 38.8 Å². The van der Waals surface area contributed by atoms with Crippen molar-refractivity contribution >= 4 is 11.6 Å². The van der Waals surface area contributed by atoms with E-state index in [-0.39, 0.29) is 5.91 Å². The molecule has 1 rings (SSSR count). The lowest BCUT2D eigenvalue weighted by molar-refractivity contribution is -0.120. The van der Waals surface area contributed by atoms with E-state index in [1.165, 1.54) is 12.8 Å². The summed E-state index contributed by atoms with van der Waals surface area (Å²) in [6.45, 7) is 5.22. The Kier molecular flexibility index (Phi) is 6.26. The lowest BCUT2D eigenvalue weighted by Gasteiger charge is -2.07. The van der Waals surface area contributed by atoms with Crippen LogP contribution in [0.15, 0.2) is 24.3 Å². The van der Waals surface area contributed by atoms with Gasteiger partial charge in [0.1, 0.15) is 0 Å². The maximum Gasteiger partial charge on any atom is 0.224 e. The number of rotatable bonds is 7. The van der Waals surface area contributed by atoms with Crippen molar-refractivity contribution < 1.29 is 4.79 Å². The minimum Gasteiger partial charge on any atom is -0.399 e. The molecule has 0 spiro atoms. The van der Waals surface area contributed by atoms with Crippen LogP contribution in [0.5, 0.6) is 0 Å². The highest BCUT2D eigenvalue weighted by Gasteiger charge is 2.02. The Morgan fingerprint density at radius 3 is 2.50 bits per heavy atom. The van der Waals surface area contributed by atoms with E-state index in [0.29, 0.717) is 6.42 Å².